The lowest BCUT2D eigenvalue weighted by Crippen LogP contribution is -2.51. The lowest BCUT2D eigenvalue weighted by molar-refractivity contribution is -0.152. The Morgan fingerprint density at radius 2 is 1.97 bits per heavy atom. The van der Waals surface area contributed by atoms with Crippen LogP contribution >= 0.6 is 0 Å². The first-order valence-corrected chi connectivity index (χ1v) is 14.5. The topological polar surface area (TPSA) is 61.9 Å². The molecular weight excluding hydrogens is 484 g/mol. The van der Waals surface area contributed by atoms with Gasteiger partial charge in [0.1, 0.15) is 12.2 Å². The molecule has 0 spiro atoms. The van der Waals surface area contributed by atoms with Crippen LogP contribution in [0.25, 0.3) is 10.9 Å². The van der Waals surface area contributed by atoms with Crippen molar-refractivity contribution in [3.8, 4) is 0 Å². The number of ether oxygens (including phenoxy) is 1. The first kappa shape index (κ1) is 25.8. The molecule has 1 saturated carbocycles. The Hall–Kier alpha value is -3.41. The van der Waals surface area contributed by atoms with Gasteiger partial charge in [-0.25, -0.2) is 4.68 Å². The number of hydrogen-bond acceptors (Lipinski definition) is 4. The van der Waals surface area contributed by atoms with Crippen LogP contribution in [0.5, 0.6) is 0 Å². The van der Waals surface area contributed by atoms with Crippen LogP contribution in [0.1, 0.15) is 81.7 Å². The monoisotopic (exact) mass is 524 g/mol. The van der Waals surface area contributed by atoms with E-state index in [0.29, 0.717) is 25.0 Å². The van der Waals surface area contributed by atoms with Gasteiger partial charge in [-0.3, -0.25) is 4.79 Å². The number of esters is 1. The van der Waals surface area contributed by atoms with Crippen LogP contribution in [0.15, 0.2) is 60.9 Å². The maximum atomic E-state index is 12.9. The van der Waals surface area contributed by atoms with E-state index >= 15 is 0 Å². The molecule has 0 bridgehead atoms. The molecule has 0 aliphatic heterocycles. The van der Waals surface area contributed by atoms with E-state index in [1.54, 1.807) is 4.68 Å². The Labute approximate surface area is 231 Å². The lowest BCUT2D eigenvalue weighted by Gasteiger charge is -2.55. The molecule has 39 heavy (non-hydrogen) atoms. The zero-order chi connectivity index (χ0) is 27.2. The number of para-hydroxylation sites is 1. The van der Waals surface area contributed by atoms with Gasteiger partial charge in [-0.15, -0.1) is 5.10 Å². The van der Waals surface area contributed by atoms with Gasteiger partial charge in [0.25, 0.3) is 0 Å². The molecule has 2 aromatic carbocycles. The number of benzene rings is 2. The van der Waals surface area contributed by atoms with Crippen molar-refractivity contribution in [3.05, 3.63) is 83.3 Å². The molecule has 0 N–H and O–H groups in total. The fourth-order valence-corrected chi connectivity index (χ4v) is 7.54. The van der Waals surface area contributed by atoms with Crippen molar-refractivity contribution in [1.29, 1.82) is 0 Å². The number of rotatable bonds is 7. The molecule has 0 saturated heterocycles. The van der Waals surface area contributed by atoms with E-state index in [1.807, 2.05) is 18.3 Å². The number of carbonyl (C=O) groups excluding carboxylic acids is 1. The van der Waals surface area contributed by atoms with Crippen molar-refractivity contribution >= 4 is 16.9 Å². The molecule has 6 nitrogen and oxygen atoms in total. The second-order valence-corrected chi connectivity index (χ2v) is 12.7. The maximum absolute atomic E-state index is 12.9. The minimum Gasteiger partial charge on any atom is -0.464 e. The zero-order valence-corrected chi connectivity index (χ0v) is 23.7. The van der Waals surface area contributed by atoms with Crippen LogP contribution in [0.4, 0.5) is 0 Å². The van der Waals surface area contributed by atoms with Gasteiger partial charge in [-0.1, -0.05) is 75.7 Å². The molecular formula is C33H40N4O2. The normalized spacial score (nSPS) is 24.5. The molecule has 1 fully saturated rings. The fraction of sp³-hybridized carbons (Fsp3) is 0.485. The van der Waals surface area contributed by atoms with Gasteiger partial charge in [0, 0.05) is 17.1 Å². The Morgan fingerprint density at radius 3 is 2.82 bits per heavy atom. The summed E-state index contributed by atoms with van der Waals surface area (Å²) < 4.78 is 9.71. The number of fused-ring (bicyclic) bond motifs is 4. The van der Waals surface area contributed by atoms with Crippen molar-refractivity contribution in [2.24, 2.45) is 11.3 Å². The van der Waals surface area contributed by atoms with Crippen molar-refractivity contribution in [2.45, 2.75) is 84.2 Å². The van der Waals surface area contributed by atoms with E-state index in [0.717, 1.165) is 36.9 Å². The summed E-state index contributed by atoms with van der Waals surface area (Å²) in [6.07, 6.45) is 9.62. The molecule has 6 rings (SSSR count). The molecule has 6 heteroatoms. The van der Waals surface area contributed by atoms with Crippen LogP contribution in [0, 0.1) is 11.3 Å². The highest BCUT2D eigenvalue weighted by Crippen LogP contribution is 2.57. The predicted molar refractivity (Wildman–Crippen MR) is 154 cm³/mol. The molecule has 3 atom stereocenters. The molecule has 0 amide bonds. The molecule has 2 aromatic heterocycles. The second kappa shape index (κ2) is 9.96. The Kier molecular flexibility index (Phi) is 6.60. The van der Waals surface area contributed by atoms with E-state index < -0.39 is 0 Å². The minimum absolute atomic E-state index is 0.0277. The van der Waals surface area contributed by atoms with Gasteiger partial charge in [-0.2, -0.15) is 0 Å². The van der Waals surface area contributed by atoms with Gasteiger partial charge in [-0.05, 0) is 77.1 Å². The largest absolute Gasteiger partial charge is 0.464 e. The average molecular weight is 525 g/mol. The first-order chi connectivity index (χ1) is 18.7. The third kappa shape index (κ3) is 4.79. The van der Waals surface area contributed by atoms with E-state index in [2.05, 4.69) is 85.2 Å². The minimum atomic E-state index is -0.246. The standard InChI is InChI=1S/C33H40N4O2/c1-23(2)25-10-12-28-26(18-25)11-13-30-32(3,15-7-16-33(28,30)4)22-39-31(38)21-37-20-27(34-35-37)19-36-17-14-24-8-5-6-9-29(24)36/h5-6,8-10,12,14,17-18,20,23,30H,7,11,13,15-16,19,21-22H2,1-4H3/t30-,32-,33+/m0/s1. The van der Waals surface area contributed by atoms with Crippen molar-refractivity contribution in [2.75, 3.05) is 6.61 Å². The van der Waals surface area contributed by atoms with Gasteiger partial charge in [0.15, 0.2) is 0 Å². The van der Waals surface area contributed by atoms with Crippen LogP contribution < -0.4 is 0 Å². The zero-order valence-electron chi connectivity index (χ0n) is 23.7. The molecule has 2 heterocycles. The third-order valence-electron chi connectivity index (χ3n) is 9.62. The molecule has 204 valence electrons. The first-order valence-electron chi connectivity index (χ1n) is 14.5. The summed E-state index contributed by atoms with van der Waals surface area (Å²) >= 11 is 0. The predicted octanol–water partition coefficient (Wildman–Crippen LogP) is 6.66. The van der Waals surface area contributed by atoms with Gasteiger partial charge < -0.3 is 9.30 Å². The highest BCUT2D eigenvalue weighted by atomic mass is 16.5. The van der Waals surface area contributed by atoms with Crippen LogP contribution in [-0.4, -0.2) is 32.1 Å². The molecule has 0 radical (unpaired) electrons. The van der Waals surface area contributed by atoms with Crippen molar-refractivity contribution in [3.63, 3.8) is 0 Å². The number of hydrogen-bond donors (Lipinski definition) is 0. The molecule has 2 aliphatic carbocycles. The highest BCUT2D eigenvalue weighted by Gasteiger charge is 2.52. The van der Waals surface area contributed by atoms with Gasteiger partial charge in [0.2, 0.25) is 0 Å². The molecule has 2 aliphatic rings. The molecule has 4 aromatic rings. The van der Waals surface area contributed by atoms with Crippen molar-refractivity contribution in [1.82, 2.24) is 19.6 Å². The summed E-state index contributed by atoms with van der Waals surface area (Å²) in [4.78, 5) is 12.9. The maximum Gasteiger partial charge on any atom is 0.327 e. The summed E-state index contributed by atoms with van der Waals surface area (Å²) in [5.41, 5.74) is 6.56. The van der Waals surface area contributed by atoms with E-state index in [-0.39, 0.29) is 23.3 Å². The Balaban J connectivity index is 1.10. The van der Waals surface area contributed by atoms with Gasteiger partial charge >= 0.3 is 5.97 Å². The number of aryl methyl sites for hydroxylation is 1. The number of carbonyl (C=O) groups is 1. The quantitative estimate of drug-likeness (QED) is 0.254. The van der Waals surface area contributed by atoms with Crippen LogP contribution in [0.3, 0.4) is 0 Å². The number of nitrogens with zero attached hydrogens (tertiary/aromatic N) is 4. The Morgan fingerprint density at radius 1 is 1.13 bits per heavy atom. The van der Waals surface area contributed by atoms with E-state index in [4.69, 9.17) is 4.74 Å². The summed E-state index contributed by atoms with van der Waals surface area (Å²) in [5.74, 6) is 0.800. The van der Waals surface area contributed by atoms with E-state index in [9.17, 15) is 4.79 Å². The summed E-state index contributed by atoms with van der Waals surface area (Å²) in [7, 11) is 0. The lowest BCUT2D eigenvalue weighted by atomic mass is 9.50. The summed E-state index contributed by atoms with van der Waals surface area (Å²) in [6.45, 7) is 10.5. The fourth-order valence-electron chi connectivity index (χ4n) is 7.54. The highest BCUT2D eigenvalue weighted by molar-refractivity contribution is 5.80. The SMILES string of the molecule is CC(C)c1ccc2c(c1)CC[C@H]1[C@](C)(COC(=O)Cn3cc(Cn4ccc5ccccc54)nn3)CCC[C@]21C. The van der Waals surface area contributed by atoms with Crippen LogP contribution in [0.2, 0.25) is 0 Å². The number of aromatic nitrogens is 4. The Bertz CT molecular complexity index is 1500. The average Bonchev–Trinajstić information content (AvgIpc) is 3.54. The van der Waals surface area contributed by atoms with Gasteiger partial charge in [0.05, 0.1) is 19.3 Å². The smallest absolute Gasteiger partial charge is 0.327 e. The van der Waals surface area contributed by atoms with E-state index in [1.165, 1.54) is 28.5 Å². The summed E-state index contributed by atoms with van der Waals surface area (Å²) in [6, 6.07) is 17.5. The van der Waals surface area contributed by atoms with Crippen LogP contribution in [-0.2, 0) is 34.5 Å². The van der Waals surface area contributed by atoms with Crippen molar-refractivity contribution < 1.29 is 9.53 Å². The summed E-state index contributed by atoms with van der Waals surface area (Å²) in [5, 5.41) is 9.70. The molecule has 0 unspecified atom stereocenters. The third-order valence-corrected chi connectivity index (χ3v) is 9.62. The second-order valence-electron chi connectivity index (χ2n) is 12.7.